The van der Waals surface area contributed by atoms with Gasteiger partial charge < -0.3 is 19.8 Å². The maximum atomic E-state index is 6.03. The van der Waals surface area contributed by atoms with E-state index in [9.17, 15) is 0 Å². The highest BCUT2D eigenvalue weighted by molar-refractivity contribution is 5.97. The van der Waals surface area contributed by atoms with Gasteiger partial charge in [-0.2, -0.15) is 0 Å². The number of nitrogen functional groups attached to an aromatic ring is 1. The summed E-state index contributed by atoms with van der Waals surface area (Å²) in [7, 11) is 1.65. The molecule has 0 aliphatic heterocycles. The van der Waals surface area contributed by atoms with Crippen molar-refractivity contribution in [3.05, 3.63) is 42.9 Å². The van der Waals surface area contributed by atoms with Crippen LogP contribution in [0, 0.1) is 0 Å². The molecule has 22 heavy (non-hydrogen) atoms. The molecule has 0 fully saturated rings. The fourth-order valence-electron chi connectivity index (χ4n) is 2.39. The van der Waals surface area contributed by atoms with Crippen molar-refractivity contribution in [3.8, 4) is 11.1 Å². The molecule has 2 heterocycles. The summed E-state index contributed by atoms with van der Waals surface area (Å²) >= 11 is 0. The third-order valence-electron chi connectivity index (χ3n) is 3.42. The number of aromatic nitrogens is 3. The molecule has 1 aromatic carbocycles. The minimum atomic E-state index is 0.379. The molecule has 0 bridgehead atoms. The molecule has 2 N–H and O–H groups in total. The van der Waals surface area contributed by atoms with Gasteiger partial charge in [-0.3, -0.25) is 0 Å². The van der Waals surface area contributed by atoms with Crippen LogP contribution in [0.3, 0.4) is 0 Å². The van der Waals surface area contributed by atoms with Crippen LogP contribution in [0.5, 0.6) is 0 Å². The van der Waals surface area contributed by atoms with Crippen LogP contribution >= 0.6 is 0 Å². The molecule has 0 amide bonds. The topological polar surface area (TPSA) is 75.2 Å². The zero-order valence-electron chi connectivity index (χ0n) is 12.4. The summed E-state index contributed by atoms with van der Waals surface area (Å²) in [6, 6.07) is 10.1. The Labute approximate surface area is 128 Å². The van der Waals surface area contributed by atoms with Crippen LogP contribution < -0.4 is 5.73 Å². The molecule has 0 saturated carbocycles. The second kappa shape index (κ2) is 6.55. The van der Waals surface area contributed by atoms with Crippen LogP contribution in [-0.2, 0) is 16.2 Å². The van der Waals surface area contributed by atoms with Gasteiger partial charge in [0.15, 0.2) is 5.82 Å². The van der Waals surface area contributed by atoms with E-state index in [1.807, 2.05) is 41.1 Å². The van der Waals surface area contributed by atoms with Crippen molar-refractivity contribution in [1.29, 1.82) is 0 Å². The fraction of sp³-hybridized carbons (Fsp3) is 0.250. The highest BCUT2D eigenvalue weighted by Gasteiger charge is 2.14. The second-order valence-corrected chi connectivity index (χ2v) is 4.86. The molecule has 114 valence electrons. The van der Waals surface area contributed by atoms with Gasteiger partial charge in [-0.25, -0.2) is 9.97 Å². The highest BCUT2D eigenvalue weighted by atomic mass is 16.5. The van der Waals surface area contributed by atoms with Crippen molar-refractivity contribution >= 4 is 16.9 Å². The van der Waals surface area contributed by atoms with Gasteiger partial charge in [-0.15, -0.1) is 0 Å². The van der Waals surface area contributed by atoms with E-state index in [-0.39, 0.29) is 0 Å². The second-order valence-electron chi connectivity index (χ2n) is 4.86. The molecule has 0 aliphatic carbocycles. The molecule has 0 radical (unpaired) electrons. The average molecular weight is 298 g/mol. The summed E-state index contributed by atoms with van der Waals surface area (Å²) in [5.41, 5.74) is 9.74. The molecule has 2 aromatic heterocycles. The third kappa shape index (κ3) is 2.79. The normalized spacial score (nSPS) is 11.1. The molecule has 0 aliphatic rings. The quantitative estimate of drug-likeness (QED) is 0.707. The molecule has 6 heteroatoms. The Morgan fingerprint density at radius 2 is 1.95 bits per heavy atom. The largest absolute Gasteiger partial charge is 0.382 e. The van der Waals surface area contributed by atoms with Crippen molar-refractivity contribution in [2.45, 2.75) is 6.73 Å². The summed E-state index contributed by atoms with van der Waals surface area (Å²) in [6.45, 7) is 1.45. The van der Waals surface area contributed by atoms with Crippen molar-refractivity contribution in [2.24, 2.45) is 0 Å². The summed E-state index contributed by atoms with van der Waals surface area (Å²) in [6.07, 6.45) is 3.48. The number of nitrogens with two attached hydrogens (primary N) is 1. The van der Waals surface area contributed by atoms with Gasteiger partial charge >= 0.3 is 0 Å². The molecule has 6 nitrogen and oxygen atoms in total. The molecular formula is C16H18N4O2. The lowest BCUT2D eigenvalue weighted by atomic mass is 10.1. The van der Waals surface area contributed by atoms with E-state index in [1.54, 1.807) is 7.11 Å². The number of anilines is 1. The van der Waals surface area contributed by atoms with Crippen molar-refractivity contribution in [1.82, 2.24) is 14.5 Å². The number of rotatable bonds is 6. The number of ether oxygens (including phenoxy) is 2. The third-order valence-corrected chi connectivity index (χ3v) is 3.42. The number of hydrogen-bond donors (Lipinski definition) is 1. The first-order chi connectivity index (χ1) is 10.8. The molecule has 3 aromatic rings. The fourth-order valence-corrected chi connectivity index (χ4v) is 2.39. The predicted octanol–water partition coefficient (Wildman–Crippen LogP) is 2.30. The van der Waals surface area contributed by atoms with E-state index >= 15 is 0 Å². The van der Waals surface area contributed by atoms with E-state index in [2.05, 4.69) is 9.97 Å². The Balaban J connectivity index is 2.01. The molecule has 0 unspecified atom stereocenters. The summed E-state index contributed by atoms with van der Waals surface area (Å²) in [5, 5.41) is 0. The van der Waals surface area contributed by atoms with Gasteiger partial charge in [0, 0.05) is 18.9 Å². The SMILES string of the molecule is COCCOCn1cc(-c2ccccc2)c2ncnc(N)c21. The van der Waals surface area contributed by atoms with Gasteiger partial charge in [0.1, 0.15) is 24.1 Å². The van der Waals surface area contributed by atoms with Crippen molar-refractivity contribution < 1.29 is 9.47 Å². The van der Waals surface area contributed by atoms with Crippen LogP contribution in [0.4, 0.5) is 5.82 Å². The maximum Gasteiger partial charge on any atom is 0.151 e. The Morgan fingerprint density at radius 3 is 2.73 bits per heavy atom. The molecule has 0 spiro atoms. The minimum Gasteiger partial charge on any atom is -0.382 e. The zero-order valence-corrected chi connectivity index (χ0v) is 12.4. The Morgan fingerprint density at radius 1 is 1.14 bits per heavy atom. The molecule has 0 atom stereocenters. The lowest BCUT2D eigenvalue weighted by molar-refractivity contribution is 0.0361. The predicted molar refractivity (Wildman–Crippen MR) is 85.2 cm³/mol. The number of nitrogens with zero attached hydrogens (tertiary/aromatic N) is 3. The smallest absolute Gasteiger partial charge is 0.151 e. The lowest BCUT2D eigenvalue weighted by Gasteiger charge is -2.07. The van der Waals surface area contributed by atoms with E-state index in [4.69, 9.17) is 15.2 Å². The lowest BCUT2D eigenvalue weighted by Crippen LogP contribution is -2.07. The Hall–Kier alpha value is -2.44. The first kappa shape index (κ1) is 14.5. The van der Waals surface area contributed by atoms with Crippen LogP contribution in [0.25, 0.3) is 22.2 Å². The van der Waals surface area contributed by atoms with Crippen molar-refractivity contribution in [2.75, 3.05) is 26.1 Å². The maximum absolute atomic E-state index is 6.03. The summed E-state index contributed by atoms with van der Waals surface area (Å²) in [4.78, 5) is 8.48. The summed E-state index contributed by atoms with van der Waals surface area (Å²) in [5.74, 6) is 0.447. The number of methoxy groups -OCH3 is 1. The zero-order chi connectivity index (χ0) is 15.4. The first-order valence-corrected chi connectivity index (χ1v) is 7.02. The first-order valence-electron chi connectivity index (χ1n) is 7.02. The Bertz CT molecular complexity index is 755. The molecule has 3 rings (SSSR count). The van der Waals surface area contributed by atoms with E-state index in [0.717, 1.165) is 22.2 Å². The number of benzene rings is 1. The van der Waals surface area contributed by atoms with Gasteiger partial charge in [0.25, 0.3) is 0 Å². The Kier molecular flexibility index (Phi) is 4.32. The van der Waals surface area contributed by atoms with Gasteiger partial charge in [-0.1, -0.05) is 30.3 Å². The van der Waals surface area contributed by atoms with Gasteiger partial charge in [0.2, 0.25) is 0 Å². The van der Waals surface area contributed by atoms with Crippen molar-refractivity contribution in [3.63, 3.8) is 0 Å². The van der Waals surface area contributed by atoms with Gasteiger partial charge in [0.05, 0.1) is 13.2 Å². The van der Waals surface area contributed by atoms with Crippen LogP contribution in [-0.4, -0.2) is 34.9 Å². The highest BCUT2D eigenvalue weighted by Crippen LogP contribution is 2.30. The van der Waals surface area contributed by atoms with Crippen LogP contribution in [0.15, 0.2) is 42.9 Å². The molecular weight excluding hydrogens is 280 g/mol. The minimum absolute atomic E-state index is 0.379. The van der Waals surface area contributed by atoms with E-state index in [1.165, 1.54) is 6.33 Å². The average Bonchev–Trinajstić information content (AvgIpc) is 2.93. The molecule has 0 saturated heterocycles. The summed E-state index contributed by atoms with van der Waals surface area (Å²) < 4.78 is 12.5. The monoisotopic (exact) mass is 298 g/mol. The number of hydrogen-bond acceptors (Lipinski definition) is 5. The van der Waals surface area contributed by atoms with E-state index in [0.29, 0.717) is 25.8 Å². The standard InChI is InChI=1S/C16H18N4O2/c1-21-7-8-22-11-20-9-13(12-5-3-2-4-6-12)14-15(20)16(17)19-10-18-14/h2-6,9-10H,7-8,11H2,1H3,(H2,17,18,19). The number of fused-ring (bicyclic) bond motifs is 1. The van der Waals surface area contributed by atoms with Crippen LogP contribution in [0.2, 0.25) is 0 Å². The van der Waals surface area contributed by atoms with Gasteiger partial charge in [-0.05, 0) is 5.56 Å². The van der Waals surface area contributed by atoms with Crippen LogP contribution in [0.1, 0.15) is 0 Å². The van der Waals surface area contributed by atoms with E-state index < -0.39 is 0 Å².